The van der Waals surface area contributed by atoms with Gasteiger partial charge in [0.2, 0.25) is 0 Å². The van der Waals surface area contributed by atoms with Gasteiger partial charge in [-0.15, -0.1) is 0 Å². The van der Waals surface area contributed by atoms with E-state index in [1.54, 1.807) is 13.3 Å². The Balaban J connectivity index is 2.07. The molecule has 0 aliphatic carbocycles. The largest absolute Gasteiger partial charge is 0.497 e. The molecule has 0 radical (unpaired) electrons. The Bertz CT molecular complexity index is 860. The Morgan fingerprint density at radius 2 is 2.14 bits per heavy atom. The number of halogens is 1. The van der Waals surface area contributed by atoms with Gasteiger partial charge in [-0.3, -0.25) is 0 Å². The molecule has 1 heterocycles. The lowest BCUT2D eigenvalue weighted by Gasteiger charge is -2.08. The second-order valence-corrected chi connectivity index (χ2v) is 5.95. The second-order valence-electron chi connectivity index (χ2n) is 4.69. The number of hydrogen-bond acceptors (Lipinski definition) is 3. The summed E-state index contributed by atoms with van der Waals surface area (Å²) in [7, 11) is 1.68. The van der Waals surface area contributed by atoms with Crippen LogP contribution in [0.5, 0.6) is 5.75 Å². The predicted molar refractivity (Wildman–Crippen MR) is 90.4 cm³/mol. The van der Waals surface area contributed by atoms with Gasteiger partial charge in [-0.25, -0.2) is 4.98 Å². The minimum atomic E-state index is 0.665. The van der Waals surface area contributed by atoms with Crippen LogP contribution in [-0.2, 0) is 6.42 Å². The summed E-state index contributed by atoms with van der Waals surface area (Å²) < 4.78 is 6.79. The fraction of sp³-hybridized carbons (Fsp3) is 0.125. The Hall–Kier alpha value is -1.72. The van der Waals surface area contributed by atoms with E-state index in [-0.39, 0.29) is 0 Å². The van der Waals surface area contributed by atoms with Crippen molar-refractivity contribution < 1.29 is 4.74 Å². The van der Waals surface area contributed by atoms with Crippen molar-refractivity contribution in [3.8, 4) is 5.75 Å². The molecular weight excluding hydrogens is 348 g/mol. The molecule has 0 atom stereocenters. The number of rotatable bonds is 3. The highest BCUT2D eigenvalue weighted by Crippen LogP contribution is 2.25. The highest BCUT2D eigenvalue weighted by molar-refractivity contribution is 9.10. The van der Waals surface area contributed by atoms with E-state index in [9.17, 15) is 0 Å². The van der Waals surface area contributed by atoms with Crippen LogP contribution < -0.4 is 4.74 Å². The minimum absolute atomic E-state index is 0.665. The molecular formula is C16H13BrN2OS. The van der Waals surface area contributed by atoms with Crippen molar-refractivity contribution in [2.75, 3.05) is 7.11 Å². The number of aromatic nitrogens is 2. The molecule has 3 aromatic rings. The van der Waals surface area contributed by atoms with Gasteiger partial charge in [-0.05, 0) is 44.4 Å². The van der Waals surface area contributed by atoms with E-state index in [0.29, 0.717) is 11.1 Å². The quantitative estimate of drug-likeness (QED) is 0.690. The first-order valence-corrected chi connectivity index (χ1v) is 7.67. The van der Waals surface area contributed by atoms with E-state index in [1.807, 2.05) is 6.07 Å². The van der Waals surface area contributed by atoms with Gasteiger partial charge < -0.3 is 9.72 Å². The number of H-pyrrole nitrogens is 1. The highest BCUT2D eigenvalue weighted by atomic mass is 79.9. The molecule has 3 rings (SSSR count). The van der Waals surface area contributed by atoms with Crippen molar-refractivity contribution in [1.29, 1.82) is 0 Å². The van der Waals surface area contributed by atoms with Crippen LogP contribution in [0.3, 0.4) is 0 Å². The second kappa shape index (κ2) is 5.95. The lowest BCUT2D eigenvalue weighted by atomic mass is 10.0. The maximum absolute atomic E-state index is 5.32. The standard InChI is InChI=1S/C16H13BrN2OS/c1-20-12-6-5-10-3-2-4-11(13(10)8-12)7-15-18-9-14(17)16(21)19-15/h2-6,8-9H,7H2,1H3,(H,18,19,21). The van der Waals surface area contributed by atoms with Crippen LogP contribution in [0.25, 0.3) is 10.8 Å². The van der Waals surface area contributed by atoms with Gasteiger partial charge >= 0.3 is 0 Å². The van der Waals surface area contributed by atoms with Crippen molar-refractivity contribution in [3.63, 3.8) is 0 Å². The molecule has 0 saturated heterocycles. The van der Waals surface area contributed by atoms with Crippen LogP contribution >= 0.6 is 28.1 Å². The Labute approximate surface area is 136 Å². The van der Waals surface area contributed by atoms with Gasteiger partial charge in [-0.2, -0.15) is 0 Å². The highest BCUT2D eigenvalue weighted by Gasteiger charge is 2.05. The van der Waals surface area contributed by atoms with Crippen LogP contribution in [0.2, 0.25) is 0 Å². The number of ether oxygens (including phenoxy) is 1. The van der Waals surface area contributed by atoms with Gasteiger partial charge in [0.15, 0.2) is 0 Å². The number of aromatic amines is 1. The molecule has 106 valence electrons. The van der Waals surface area contributed by atoms with Crippen LogP contribution in [0.4, 0.5) is 0 Å². The summed E-state index contributed by atoms with van der Waals surface area (Å²) in [6.45, 7) is 0. The van der Waals surface area contributed by atoms with Crippen LogP contribution in [0.1, 0.15) is 11.4 Å². The van der Waals surface area contributed by atoms with Gasteiger partial charge in [0.05, 0.1) is 11.6 Å². The molecule has 0 spiro atoms. The SMILES string of the molecule is COc1ccc2cccc(Cc3ncc(Br)c(=S)[nH]3)c2c1. The molecule has 1 N–H and O–H groups in total. The van der Waals surface area contributed by atoms with Crippen molar-refractivity contribution >= 4 is 38.9 Å². The fourth-order valence-corrected chi connectivity index (χ4v) is 2.66. The minimum Gasteiger partial charge on any atom is -0.497 e. The summed E-state index contributed by atoms with van der Waals surface area (Å²) in [4.78, 5) is 7.53. The third-order valence-electron chi connectivity index (χ3n) is 3.35. The van der Waals surface area contributed by atoms with E-state index in [4.69, 9.17) is 17.0 Å². The third-order valence-corrected chi connectivity index (χ3v) is 4.53. The number of nitrogens with one attached hydrogen (secondary N) is 1. The zero-order valence-corrected chi connectivity index (χ0v) is 13.8. The zero-order chi connectivity index (χ0) is 14.8. The molecule has 0 fully saturated rings. The molecule has 3 nitrogen and oxygen atoms in total. The molecule has 21 heavy (non-hydrogen) atoms. The molecule has 1 aromatic heterocycles. The molecule has 0 aliphatic rings. The number of hydrogen-bond donors (Lipinski definition) is 1. The van der Waals surface area contributed by atoms with Crippen molar-refractivity contribution in [3.05, 3.63) is 63.1 Å². The topological polar surface area (TPSA) is 37.9 Å². The Kier molecular flexibility index (Phi) is 4.03. The summed E-state index contributed by atoms with van der Waals surface area (Å²) in [5, 5.41) is 2.35. The predicted octanol–water partition coefficient (Wildman–Crippen LogP) is 4.65. The molecule has 0 saturated carbocycles. The summed E-state index contributed by atoms with van der Waals surface area (Å²) >= 11 is 8.59. The monoisotopic (exact) mass is 360 g/mol. The first-order chi connectivity index (χ1) is 10.2. The van der Waals surface area contributed by atoms with Crippen molar-refractivity contribution in [1.82, 2.24) is 9.97 Å². The summed E-state index contributed by atoms with van der Waals surface area (Å²) in [5.74, 6) is 1.70. The van der Waals surface area contributed by atoms with E-state index < -0.39 is 0 Å². The Morgan fingerprint density at radius 1 is 1.29 bits per heavy atom. The average Bonchev–Trinajstić information content (AvgIpc) is 2.51. The maximum Gasteiger partial charge on any atom is 0.120 e. The first-order valence-electron chi connectivity index (χ1n) is 6.47. The summed E-state index contributed by atoms with van der Waals surface area (Å²) in [6, 6.07) is 12.3. The molecule has 5 heteroatoms. The fourth-order valence-electron chi connectivity index (χ4n) is 2.28. The van der Waals surface area contributed by atoms with Crippen LogP contribution in [0.15, 0.2) is 47.1 Å². The van der Waals surface area contributed by atoms with E-state index in [0.717, 1.165) is 16.0 Å². The van der Waals surface area contributed by atoms with Crippen molar-refractivity contribution in [2.24, 2.45) is 0 Å². The van der Waals surface area contributed by atoms with Gasteiger partial charge in [0.1, 0.15) is 16.2 Å². The smallest absolute Gasteiger partial charge is 0.120 e. The summed E-state index contributed by atoms with van der Waals surface area (Å²) in [6.07, 6.45) is 2.43. The number of nitrogens with zero attached hydrogens (tertiary/aromatic N) is 1. The molecule has 2 aromatic carbocycles. The van der Waals surface area contributed by atoms with Gasteiger partial charge in [0, 0.05) is 12.6 Å². The number of benzene rings is 2. The average molecular weight is 361 g/mol. The van der Waals surface area contributed by atoms with Gasteiger partial charge in [0.25, 0.3) is 0 Å². The normalized spacial score (nSPS) is 10.8. The van der Waals surface area contributed by atoms with E-state index in [2.05, 4.69) is 56.2 Å². The van der Waals surface area contributed by atoms with Crippen LogP contribution in [0, 0.1) is 4.64 Å². The lowest BCUT2D eigenvalue weighted by Crippen LogP contribution is -1.97. The first kappa shape index (κ1) is 14.2. The molecule has 0 amide bonds. The molecule has 0 bridgehead atoms. The lowest BCUT2D eigenvalue weighted by molar-refractivity contribution is 0.415. The van der Waals surface area contributed by atoms with Crippen molar-refractivity contribution in [2.45, 2.75) is 6.42 Å². The third kappa shape index (κ3) is 2.99. The number of methoxy groups -OCH3 is 1. The number of fused-ring (bicyclic) bond motifs is 1. The zero-order valence-electron chi connectivity index (χ0n) is 11.4. The molecule has 0 aliphatic heterocycles. The van der Waals surface area contributed by atoms with Gasteiger partial charge in [-0.1, -0.05) is 36.5 Å². The van der Waals surface area contributed by atoms with Crippen LogP contribution in [-0.4, -0.2) is 17.1 Å². The molecule has 0 unspecified atom stereocenters. The van der Waals surface area contributed by atoms with E-state index in [1.165, 1.54) is 16.3 Å². The summed E-state index contributed by atoms with van der Waals surface area (Å²) in [5.41, 5.74) is 1.19. The van der Waals surface area contributed by atoms with E-state index >= 15 is 0 Å². The maximum atomic E-state index is 5.32. The Morgan fingerprint density at radius 3 is 2.90 bits per heavy atom.